The predicted octanol–water partition coefficient (Wildman–Crippen LogP) is 2.78. The second-order valence-electron chi connectivity index (χ2n) is 4.41. The fraction of sp³-hybridized carbons (Fsp3) is 0.357. The molecule has 1 amide bonds. The minimum Gasteiger partial charge on any atom is -0.350 e. The Kier molecular flexibility index (Phi) is 9.93. The summed E-state index contributed by atoms with van der Waals surface area (Å²) >= 11 is 1.35. The highest BCUT2D eigenvalue weighted by molar-refractivity contribution is 7.16. The van der Waals surface area contributed by atoms with Crippen molar-refractivity contribution in [3.8, 4) is 10.7 Å². The molecule has 0 spiro atoms. The van der Waals surface area contributed by atoms with Gasteiger partial charge in [-0.25, -0.2) is 4.98 Å². The molecule has 22 heavy (non-hydrogen) atoms. The first-order chi connectivity index (χ1) is 9.70. The molecule has 2 rings (SSSR count). The molecule has 2 aromatic rings. The Morgan fingerprint density at radius 1 is 1.32 bits per heavy atom. The molecule has 2 aromatic heterocycles. The van der Waals surface area contributed by atoms with Crippen LogP contribution in [0.4, 0.5) is 0 Å². The first-order valence-corrected chi connectivity index (χ1v) is 7.41. The maximum Gasteiger partial charge on any atom is 0.263 e. The van der Waals surface area contributed by atoms with Gasteiger partial charge in [0.2, 0.25) is 0 Å². The third-order valence-electron chi connectivity index (χ3n) is 2.73. The van der Waals surface area contributed by atoms with Crippen LogP contribution in [0, 0.1) is 0 Å². The number of carbonyl (C=O) groups is 1. The Labute approximate surface area is 146 Å². The van der Waals surface area contributed by atoms with E-state index in [9.17, 15) is 4.79 Å². The second-order valence-corrected chi connectivity index (χ2v) is 5.44. The van der Waals surface area contributed by atoms with Gasteiger partial charge in [0.25, 0.3) is 5.91 Å². The molecule has 0 radical (unpaired) electrons. The summed E-state index contributed by atoms with van der Waals surface area (Å²) in [6.07, 6.45) is 3.32. The van der Waals surface area contributed by atoms with E-state index in [2.05, 4.69) is 20.6 Å². The van der Waals surface area contributed by atoms with Crippen molar-refractivity contribution in [1.82, 2.24) is 20.6 Å². The number of rotatable bonds is 6. The normalized spacial score (nSPS) is 11.0. The SMILES string of the molecule is CCN[C@H](C)CNC(=O)c1cnc(-c2ccccn2)s1.Cl.Cl. The largest absolute Gasteiger partial charge is 0.350 e. The van der Waals surface area contributed by atoms with Crippen molar-refractivity contribution in [3.05, 3.63) is 35.5 Å². The Balaban J connectivity index is 0.00000220. The molecule has 0 unspecified atom stereocenters. The summed E-state index contributed by atoms with van der Waals surface area (Å²) in [5, 5.41) is 6.90. The zero-order valence-electron chi connectivity index (χ0n) is 12.4. The zero-order valence-corrected chi connectivity index (χ0v) is 14.9. The molecule has 8 heteroatoms. The van der Waals surface area contributed by atoms with Gasteiger partial charge in [0, 0.05) is 18.8 Å². The number of halogens is 2. The van der Waals surface area contributed by atoms with Crippen molar-refractivity contribution >= 4 is 42.1 Å². The Hall–Kier alpha value is -1.21. The number of likely N-dealkylation sites (N-methyl/N-ethyl adjacent to an activating group) is 1. The number of pyridine rings is 1. The molecule has 0 aliphatic heterocycles. The molecule has 1 atom stereocenters. The number of nitrogens with zero attached hydrogens (tertiary/aromatic N) is 2. The smallest absolute Gasteiger partial charge is 0.263 e. The minimum atomic E-state index is -0.0885. The lowest BCUT2D eigenvalue weighted by Crippen LogP contribution is -2.38. The number of aromatic nitrogens is 2. The average Bonchev–Trinajstić information content (AvgIpc) is 2.96. The predicted molar refractivity (Wildman–Crippen MR) is 95.3 cm³/mol. The zero-order chi connectivity index (χ0) is 14.4. The second kappa shape index (κ2) is 10.5. The van der Waals surface area contributed by atoms with Crippen molar-refractivity contribution in [2.24, 2.45) is 0 Å². The summed E-state index contributed by atoms with van der Waals surface area (Å²) in [7, 11) is 0. The summed E-state index contributed by atoms with van der Waals surface area (Å²) in [6.45, 7) is 5.57. The van der Waals surface area contributed by atoms with Crippen LogP contribution in [0.2, 0.25) is 0 Å². The van der Waals surface area contributed by atoms with E-state index in [0.29, 0.717) is 11.4 Å². The summed E-state index contributed by atoms with van der Waals surface area (Å²) < 4.78 is 0. The molecule has 5 nitrogen and oxygen atoms in total. The van der Waals surface area contributed by atoms with Crippen LogP contribution in [-0.4, -0.2) is 35.0 Å². The van der Waals surface area contributed by atoms with Gasteiger partial charge >= 0.3 is 0 Å². The summed E-state index contributed by atoms with van der Waals surface area (Å²) in [4.78, 5) is 21.1. The number of carbonyl (C=O) groups excluding carboxylic acids is 1. The van der Waals surface area contributed by atoms with Crippen molar-refractivity contribution in [1.29, 1.82) is 0 Å². The quantitative estimate of drug-likeness (QED) is 0.828. The van der Waals surface area contributed by atoms with E-state index in [1.54, 1.807) is 12.4 Å². The van der Waals surface area contributed by atoms with E-state index in [1.165, 1.54) is 11.3 Å². The van der Waals surface area contributed by atoms with E-state index in [-0.39, 0.29) is 36.8 Å². The number of amides is 1. The van der Waals surface area contributed by atoms with Crippen LogP contribution in [0.5, 0.6) is 0 Å². The van der Waals surface area contributed by atoms with Crippen LogP contribution in [0.1, 0.15) is 23.5 Å². The molecule has 0 saturated carbocycles. The first kappa shape index (κ1) is 20.8. The molecule has 0 aliphatic rings. The monoisotopic (exact) mass is 362 g/mol. The number of hydrogen-bond donors (Lipinski definition) is 2. The van der Waals surface area contributed by atoms with E-state index >= 15 is 0 Å². The van der Waals surface area contributed by atoms with Crippen LogP contribution in [-0.2, 0) is 0 Å². The Morgan fingerprint density at radius 3 is 2.73 bits per heavy atom. The van der Waals surface area contributed by atoms with Crippen LogP contribution in [0.25, 0.3) is 10.7 Å². The van der Waals surface area contributed by atoms with E-state index in [1.807, 2.05) is 32.0 Å². The number of hydrogen-bond acceptors (Lipinski definition) is 5. The molecule has 122 valence electrons. The van der Waals surface area contributed by atoms with Crippen molar-refractivity contribution in [3.63, 3.8) is 0 Å². The highest BCUT2D eigenvalue weighted by atomic mass is 35.5. The van der Waals surface area contributed by atoms with Gasteiger partial charge in [0.15, 0.2) is 0 Å². The van der Waals surface area contributed by atoms with Gasteiger partial charge in [0.05, 0.1) is 11.9 Å². The highest BCUT2D eigenvalue weighted by Gasteiger charge is 2.12. The average molecular weight is 363 g/mol. The molecule has 0 fully saturated rings. The maximum absolute atomic E-state index is 12.0. The standard InChI is InChI=1S/C14H18N4OS.2ClH/c1-3-15-10(2)8-17-13(19)12-9-18-14(20-12)11-6-4-5-7-16-11;;/h4-7,9-10,15H,3,8H2,1-2H3,(H,17,19);2*1H/t10-;;/m1../s1. The van der Waals surface area contributed by atoms with Crippen molar-refractivity contribution in [2.45, 2.75) is 19.9 Å². The molecular weight excluding hydrogens is 343 g/mol. The maximum atomic E-state index is 12.0. The van der Waals surface area contributed by atoms with Crippen LogP contribution >= 0.6 is 36.2 Å². The molecule has 0 aliphatic carbocycles. The topological polar surface area (TPSA) is 66.9 Å². The Morgan fingerprint density at radius 2 is 2.09 bits per heavy atom. The Bertz CT molecular complexity index is 565. The molecule has 2 heterocycles. The van der Waals surface area contributed by atoms with Gasteiger partial charge in [-0.15, -0.1) is 36.2 Å². The third-order valence-corrected chi connectivity index (χ3v) is 3.75. The summed E-state index contributed by atoms with van der Waals surface area (Å²) in [5.41, 5.74) is 0.789. The number of thiazole rings is 1. The van der Waals surface area contributed by atoms with Gasteiger partial charge in [-0.3, -0.25) is 9.78 Å². The molecule has 0 aromatic carbocycles. The first-order valence-electron chi connectivity index (χ1n) is 6.59. The fourth-order valence-electron chi connectivity index (χ4n) is 1.74. The van der Waals surface area contributed by atoms with E-state index in [0.717, 1.165) is 17.2 Å². The van der Waals surface area contributed by atoms with E-state index in [4.69, 9.17) is 0 Å². The highest BCUT2D eigenvalue weighted by Crippen LogP contribution is 2.22. The summed E-state index contributed by atoms with van der Waals surface area (Å²) in [6, 6.07) is 5.90. The van der Waals surface area contributed by atoms with E-state index < -0.39 is 0 Å². The third kappa shape index (κ3) is 5.88. The molecular formula is C14H20Cl2N4OS. The number of nitrogens with one attached hydrogen (secondary N) is 2. The lowest BCUT2D eigenvalue weighted by molar-refractivity contribution is 0.0954. The van der Waals surface area contributed by atoms with Crippen molar-refractivity contribution < 1.29 is 4.79 Å². The lowest BCUT2D eigenvalue weighted by atomic mass is 10.3. The van der Waals surface area contributed by atoms with Gasteiger partial charge in [-0.2, -0.15) is 0 Å². The molecule has 0 saturated heterocycles. The van der Waals surface area contributed by atoms with Gasteiger partial charge in [0.1, 0.15) is 9.88 Å². The van der Waals surface area contributed by atoms with Crippen LogP contribution in [0.3, 0.4) is 0 Å². The summed E-state index contributed by atoms with van der Waals surface area (Å²) in [5.74, 6) is -0.0885. The van der Waals surface area contributed by atoms with Crippen LogP contribution in [0.15, 0.2) is 30.6 Å². The van der Waals surface area contributed by atoms with Crippen molar-refractivity contribution in [2.75, 3.05) is 13.1 Å². The molecule has 2 N–H and O–H groups in total. The van der Waals surface area contributed by atoms with Gasteiger partial charge < -0.3 is 10.6 Å². The minimum absolute atomic E-state index is 0. The lowest BCUT2D eigenvalue weighted by Gasteiger charge is -2.12. The van der Waals surface area contributed by atoms with Gasteiger partial charge in [-0.1, -0.05) is 13.0 Å². The molecule has 0 bridgehead atoms. The fourth-order valence-corrected chi connectivity index (χ4v) is 2.55. The van der Waals surface area contributed by atoms with Crippen LogP contribution < -0.4 is 10.6 Å². The van der Waals surface area contributed by atoms with Gasteiger partial charge in [-0.05, 0) is 25.6 Å².